The van der Waals surface area contributed by atoms with Crippen LogP contribution in [0, 0.1) is 0 Å². The number of thiocarbonyl (C=S) groups is 1. The van der Waals surface area contributed by atoms with Crippen molar-refractivity contribution in [1.82, 2.24) is 10.7 Å². The smallest absolute Gasteiger partial charge is 0.186 e. The fourth-order valence-electron chi connectivity index (χ4n) is 2.35. The Morgan fingerprint density at radius 3 is 1.96 bits per heavy atom. The van der Waals surface area contributed by atoms with Crippen molar-refractivity contribution in [3.05, 3.63) is 71.8 Å². The molecule has 126 valence electrons. The summed E-state index contributed by atoms with van der Waals surface area (Å²) in [6, 6.07) is 20.8. The third-order valence-electron chi connectivity index (χ3n) is 3.63. The molecule has 2 aromatic rings. The van der Waals surface area contributed by atoms with Gasteiger partial charge in [0.25, 0.3) is 0 Å². The second kappa shape index (κ2) is 10.6. The van der Waals surface area contributed by atoms with E-state index in [0.29, 0.717) is 5.11 Å². The van der Waals surface area contributed by atoms with Gasteiger partial charge in [0.05, 0.1) is 0 Å². The lowest BCUT2D eigenvalue weighted by Gasteiger charge is -2.10. The van der Waals surface area contributed by atoms with Crippen molar-refractivity contribution >= 4 is 23.0 Å². The van der Waals surface area contributed by atoms with Crippen molar-refractivity contribution in [2.45, 2.75) is 32.6 Å². The van der Waals surface area contributed by atoms with Crippen LogP contribution in [-0.2, 0) is 12.8 Å². The van der Waals surface area contributed by atoms with Crippen LogP contribution in [0.25, 0.3) is 0 Å². The molecule has 0 radical (unpaired) electrons. The van der Waals surface area contributed by atoms with E-state index in [1.54, 1.807) is 0 Å². The number of hydrogen-bond acceptors (Lipinski definition) is 2. The fourth-order valence-corrected chi connectivity index (χ4v) is 2.50. The molecular formula is C20H25N3S. The Morgan fingerprint density at radius 1 is 0.917 bits per heavy atom. The Labute approximate surface area is 150 Å². The molecule has 0 aliphatic rings. The normalized spacial score (nSPS) is 10.0. The predicted octanol–water partition coefficient (Wildman–Crippen LogP) is 4.09. The van der Waals surface area contributed by atoms with Crippen LogP contribution in [0.15, 0.2) is 65.8 Å². The van der Waals surface area contributed by atoms with Gasteiger partial charge in [0.15, 0.2) is 5.11 Å². The predicted molar refractivity (Wildman–Crippen MR) is 106 cm³/mol. The molecule has 0 saturated carbocycles. The van der Waals surface area contributed by atoms with Gasteiger partial charge in [-0.1, -0.05) is 74.0 Å². The van der Waals surface area contributed by atoms with Crippen LogP contribution in [0.5, 0.6) is 0 Å². The van der Waals surface area contributed by atoms with E-state index in [0.717, 1.165) is 37.9 Å². The molecule has 2 aromatic carbocycles. The van der Waals surface area contributed by atoms with Gasteiger partial charge in [0, 0.05) is 25.1 Å². The van der Waals surface area contributed by atoms with Crippen LogP contribution >= 0.6 is 12.2 Å². The Balaban J connectivity index is 2.01. The lowest BCUT2D eigenvalue weighted by molar-refractivity contribution is 0.744. The SMILES string of the molecule is CCCCNC(=S)NN=C(Cc1ccccc1)Cc1ccccc1. The molecule has 0 spiro atoms. The molecule has 24 heavy (non-hydrogen) atoms. The van der Waals surface area contributed by atoms with Gasteiger partial charge in [-0.15, -0.1) is 0 Å². The zero-order valence-corrected chi connectivity index (χ0v) is 15.0. The molecular weight excluding hydrogens is 314 g/mol. The summed E-state index contributed by atoms with van der Waals surface area (Å²) in [5.74, 6) is 0. The van der Waals surface area contributed by atoms with Crippen LogP contribution < -0.4 is 10.7 Å². The minimum absolute atomic E-state index is 0.585. The summed E-state index contributed by atoms with van der Waals surface area (Å²) >= 11 is 5.29. The minimum atomic E-state index is 0.585. The van der Waals surface area contributed by atoms with Crippen molar-refractivity contribution in [1.29, 1.82) is 0 Å². The molecule has 4 heteroatoms. The first-order chi connectivity index (χ1) is 11.8. The van der Waals surface area contributed by atoms with E-state index in [1.807, 2.05) is 12.1 Å². The third kappa shape index (κ3) is 6.92. The molecule has 0 aromatic heterocycles. The number of nitrogens with zero attached hydrogens (tertiary/aromatic N) is 1. The summed E-state index contributed by atoms with van der Waals surface area (Å²) in [6.45, 7) is 3.04. The van der Waals surface area contributed by atoms with Crippen LogP contribution in [-0.4, -0.2) is 17.4 Å². The molecule has 0 atom stereocenters. The molecule has 0 saturated heterocycles. The molecule has 2 rings (SSSR count). The second-order valence-corrected chi connectivity index (χ2v) is 6.13. The van der Waals surface area contributed by atoms with E-state index in [1.165, 1.54) is 11.1 Å². The van der Waals surface area contributed by atoms with E-state index in [9.17, 15) is 0 Å². The zero-order chi connectivity index (χ0) is 17.0. The van der Waals surface area contributed by atoms with Crippen LogP contribution in [0.2, 0.25) is 0 Å². The van der Waals surface area contributed by atoms with Gasteiger partial charge < -0.3 is 5.32 Å². The van der Waals surface area contributed by atoms with Gasteiger partial charge in [0.1, 0.15) is 0 Å². The Bertz CT molecular complexity index is 595. The molecule has 0 bridgehead atoms. The molecule has 0 fully saturated rings. The Morgan fingerprint density at radius 2 is 1.46 bits per heavy atom. The van der Waals surface area contributed by atoms with Crippen LogP contribution in [0.1, 0.15) is 30.9 Å². The van der Waals surface area contributed by atoms with Crippen molar-refractivity contribution in [3.8, 4) is 0 Å². The number of benzene rings is 2. The number of rotatable bonds is 8. The summed E-state index contributed by atoms with van der Waals surface area (Å²) in [6.07, 6.45) is 3.86. The van der Waals surface area contributed by atoms with Crippen molar-refractivity contribution in [2.75, 3.05) is 6.54 Å². The molecule has 0 unspecified atom stereocenters. The molecule has 2 N–H and O–H groups in total. The number of nitrogens with one attached hydrogen (secondary N) is 2. The van der Waals surface area contributed by atoms with Gasteiger partial charge in [-0.25, -0.2) is 0 Å². The van der Waals surface area contributed by atoms with E-state index in [-0.39, 0.29) is 0 Å². The monoisotopic (exact) mass is 339 g/mol. The first-order valence-corrected chi connectivity index (χ1v) is 8.86. The van der Waals surface area contributed by atoms with Gasteiger partial charge in [-0.05, 0) is 29.8 Å². The molecule has 0 aliphatic heterocycles. The fraction of sp³-hybridized carbons (Fsp3) is 0.300. The lowest BCUT2D eigenvalue weighted by atomic mass is 10.0. The van der Waals surface area contributed by atoms with E-state index >= 15 is 0 Å². The van der Waals surface area contributed by atoms with E-state index in [2.05, 4.69) is 71.3 Å². The number of unbranched alkanes of at least 4 members (excludes halogenated alkanes) is 1. The highest BCUT2D eigenvalue weighted by Gasteiger charge is 2.04. The minimum Gasteiger partial charge on any atom is -0.361 e. The molecule has 3 nitrogen and oxygen atoms in total. The van der Waals surface area contributed by atoms with Gasteiger partial charge in [-0.3, -0.25) is 5.43 Å². The topological polar surface area (TPSA) is 36.4 Å². The van der Waals surface area contributed by atoms with Crippen molar-refractivity contribution in [3.63, 3.8) is 0 Å². The first kappa shape index (κ1) is 18.1. The summed E-state index contributed by atoms with van der Waals surface area (Å²) in [7, 11) is 0. The summed E-state index contributed by atoms with van der Waals surface area (Å²) in [5, 5.41) is 8.32. The average Bonchev–Trinajstić information content (AvgIpc) is 2.62. The molecule has 0 amide bonds. The van der Waals surface area contributed by atoms with Gasteiger partial charge >= 0.3 is 0 Å². The standard InChI is InChI=1S/C20H25N3S/c1-2-3-14-21-20(24)23-22-19(15-17-10-6-4-7-11-17)16-18-12-8-5-9-13-18/h4-13H,2-3,14-16H2,1H3,(H2,21,23,24). The highest BCUT2D eigenvalue weighted by atomic mass is 32.1. The zero-order valence-electron chi connectivity index (χ0n) is 14.2. The maximum absolute atomic E-state index is 5.29. The third-order valence-corrected chi connectivity index (χ3v) is 3.87. The van der Waals surface area contributed by atoms with Crippen LogP contribution in [0.4, 0.5) is 0 Å². The molecule has 0 heterocycles. The first-order valence-electron chi connectivity index (χ1n) is 8.45. The van der Waals surface area contributed by atoms with Crippen LogP contribution in [0.3, 0.4) is 0 Å². The van der Waals surface area contributed by atoms with Crippen molar-refractivity contribution in [2.24, 2.45) is 5.10 Å². The van der Waals surface area contributed by atoms with E-state index in [4.69, 9.17) is 12.2 Å². The number of hydrazone groups is 1. The summed E-state index contributed by atoms with van der Waals surface area (Å²) in [5.41, 5.74) is 6.55. The average molecular weight is 340 g/mol. The Hall–Kier alpha value is -2.20. The number of hydrogen-bond donors (Lipinski definition) is 2. The Kier molecular flexibility index (Phi) is 7.98. The highest BCUT2D eigenvalue weighted by molar-refractivity contribution is 7.80. The van der Waals surface area contributed by atoms with Gasteiger partial charge in [0.2, 0.25) is 0 Å². The maximum atomic E-state index is 5.29. The summed E-state index contributed by atoms with van der Waals surface area (Å²) in [4.78, 5) is 0. The lowest BCUT2D eigenvalue weighted by Crippen LogP contribution is -2.33. The molecule has 0 aliphatic carbocycles. The van der Waals surface area contributed by atoms with Gasteiger partial charge in [-0.2, -0.15) is 5.10 Å². The quantitative estimate of drug-likeness (QED) is 0.329. The highest BCUT2D eigenvalue weighted by Crippen LogP contribution is 2.07. The second-order valence-electron chi connectivity index (χ2n) is 5.72. The van der Waals surface area contributed by atoms with E-state index < -0.39 is 0 Å². The maximum Gasteiger partial charge on any atom is 0.186 e. The largest absolute Gasteiger partial charge is 0.361 e. The summed E-state index contributed by atoms with van der Waals surface area (Å²) < 4.78 is 0. The van der Waals surface area contributed by atoms with Crippen molar-refractivity contribution < 1.29 is 0 Å².